The molecule has 0 saturated carbocycles. The number of ether oxygens (including phenoxy) is 1. The third-order valence-corrected chi connectivity index (χ3v) is 5.12. The van der Waals surface area contributed by atoms with Gasteiger partial charge in [0.15, 0.2) is 6.61 Å². The number of aryl methyl sites for hydroxylation is 2. The van der Waals surface area contributed by atoms with Gasteiger partial charge in [0.25, 0.3) is 5.56 Å². The van der Waals surface area contributed by atoms with Crippen LogP contribution in [0, 0.1) is 13.8 Å². The number of nitrogen functional groups attached to an aromatic ring is 1. The minimum Gasteiger partial charge on any atom is -0.454 e. The Morgan fingerprint density at radius 3 is 2.30 bits per heavy atom. The normalized spacial score (nSPS) is 10.8. The molecule has 0 unspecified atom stereocenters. The lowest BCUT2D eigenvalue weighted by molar-refractivity contribution is 0.0469. The second kappa shape index (κ2) is 9.51. The van der Waals surface area contributed by atoms with Crippen molar-refractivity contribution in [2.75, 3.05) is 12.3 Å². The molecule has 33 heavy (non-hydrogen) atoms. The van der Waals surface area contributed by atoms with Crippen LogP contribution in [0.5, 0.6) is 0 Å². The van der Waals surface area contributed by atoms with Gasteiger partial charge in [-0.1, -0.05) is 30.3 Å². The van der Waals surface area contributed by atoms with Crippen molar-refractivity contribution < 1.29 is 18.7 Å². The number of anilines is 1. The van der Waals surface area contributed by atoms with Gasteiger partial charge < -0.3 is 14.9 Å². The number of nitrogens with two attached hydrogens (primary N) is 1. The Balaban J connectivity index is 1.95. The quantitative estimate of drug-likeness (QED) is 0.416. The Morgan fingerprint density at radius 1 is 1.03 bits per heavy atom. The molecule has 2 heterocycles. The molecule has 2 aromatic heterocycles. The van der Waals surface area contributed by atoms with Crippen molar-refractivity contribution >= 4 is 17.6 Å². The lowest BCUT2D eigenvalue weighted by atomic mass is 10.1. The van der Waals surface area contributed by atoms with E-state index in [1.807, 2.05) is 6.07 Å². The molecule has 3 rings (SSSR count). The number of carbonyl (C=O) groups excluding carboxylic acids is 2. The summed E-state index contributed by atoms with van der Waals surface area (Å²) >= 11 is 0. The summed E-state index contributed by atoms with van der Waals surface area (Å²) in [6, 6.07) is 10.1. The summed E-state index contributed by atoms with van der Waals surface area (Å²) in [5.41, 5.74) is 4.59. The van der Waals surface area contributed by atoms with Gasteiger partial charge in [-0.2, -0.15) is 0 Å². The number of hydrogen-bond acceptors (Lipinski definition) is 8. The van der Waals surface area contributed by atoms with Crippen molar-refractivity contribution in [3.05, 3.63) is 95.7 Å². The van der Waals surface area contributed by atoms with Gasteiger partial charge in [-0.3, -0.25) is 18.7 Å². The van der Waals surface area contributed by atoms with Gasteiger partial charge in [0, 0.05) is 12.6 Å². The lowest BCUT2D eigenvalue weighted by Crippen LogP contribution is -2.44. The number of benzene rings is 1. The molecule has 0 saturated heterocycles. The Morgan fingerprint density at radius 2 is 1.70 bits per heavy atom. The van der Waals surface area contributed by atoms with E-state index in [0.29, 0.717) is 5.56 Å². The van der Waals surface area contributed by atoms with Crippen molar-refractivity contribution in [1.29, 1.82) is 0 Å². The third kappa shape index (κ3) is 4.69. The number of ketones is 1. The summed E-state index contributed by atoms with van der Waals surface area (Å²) in [6.07, 6.45) is 0. The van der Waals surface area contributed by atoms with E-state index in [4.69, 9.17) is 14.9 Å². The molecule has 0 aliphatic rings. The number of aromatic nitrogens is 2. The number of nitrogens with zero attached hydrogens (tertiary/aromatic N) is 2. The zero-order valence-electron chi connectivity index (χ0n) is 18.4. The highest BCUT2D eigenvalue weighted by atomic mass is 16.5. The van der Waals surface area contributed by atoms with Crippen LogP contribution in [0.1, 0.15) is 44.5 Å². The molecule has 1 aromatic carbocycles. The molecule has 3 aromatic rings. The van der Waals surface area contributed by atoms with Gasteiger partial charge in [-0.25, -0.2) is 14.4 Å². The molecule has 0 fully saturated rings. The van der Waals surface area contributed by atoms with Crippen molar-refractivity contribution in [1.82, 2.24) is 9.13 Å². The predicted molar refractivity (Wildman–Crippen MR) is 120 cm³/mol. The van der Waals surface area contributed by atoms with Crippen LogP contribution >= 0.6 is 0 Å². The minimum atomic E-state index is -0.894. The van der Waals surface area contributed by atoms with Gasteiger partial charge in [0.1, 0.15) is 22.7 Å². The molecule has 0 atom stereocenters. The smallest absolute Gasteiger partial charge is 0.342 e. The molecular weight excluding hydrogens is 430 g/mol. The molecule has 2 N–H and O–H groups in total. The van der Waals surface area contributed by atoms with Crippen LogP contribution < -0.4 is 22.6 Å². The zero-order chi connectivity index (χ0) is 24.3. The Labute approximate surface area is 187 Å². The van der Waals surface area contributed by atoms with Crippen molar-refractivity contribution in [3.63, 3.8) is 0 Å². The van der Waals surface area contributed by atoms with Crippen LogP contribution in [0.2, 0.25) is 0 Å². The number of esters is 1. The zero-order valence-corrected chi connectivity index (χ0v) is 18.4. The summed E-state index contributed by atoms with van der Waals surface area (Å²) in [7, 11) is 0. The number of carbonyl (C=O) groups is 2. The van der Waals surface area contributed by atoms with Gasteiger partial charge in [0.05, 0.1) is 6.54 Å². The predicted octanol–water partition coefficient (Wildman–Crippen LogP) is 1.27. The first kappa shape index (κ1) is 23.5. The summed E-state index contributed by atoms with van der Waals surface area (Å²) in [5, 5.41) is 0. The van der Waals surface area contributed by atoms with E-state index >= 15 is 0 Å². The maximum atomic E-state index is 12.9. The summed E-state index contributed by atoms with van der Waals surface area (Å²) in [5.74, 6) is -2.02. The average molecular weight is 453 g/mol. The Kier molecular flexibility index (Phi) is 6.76. The average Bonchev–Trinajstić information content (AvgIpc) is 2.75. The SMILES string of the molecule is CCn1c(=O)c(C(=O)COC(=O)c2c(C)cc(=O)oc2C)c(N)n(Cc2ccccc2)c1=O. The number of hydrogen-bond donors (Lipinski definition) is 1. The van der Waals surface area contributed by atoms with Gasteiger partial charge in [0.2, 0.25) is 5.78 Å². The van der Waals surface area contributed by atoms with Crippen molar-refractivity contribution in [3.8, 4) is 0 Å². The summed E-state index contributed by atoms with van der Waals surface area (Å²) in [4.78, 5) is 62.4. The van der Waals surface area contributed by atoms with E-state index in [2.05, 4.69) is 0 Å². The second-order valence-electron chi connectivity index (χ2n) is 7.34. The monoisotopic (exact) mass is 453 g/mol. The fourth-order valence-electron chi connectivity index (χ4n) is 3.51. The Bertz CT molecular complexity index is 1370. The van der Waals surface area contributed by atoms with Crippen molar-refractivity contribution in [2.24, 2.45) is 0 Å². The first-order valence-electron chi connectivity index (χ1n) is 10.1. The highest BCUT2D eigenvalue weighted by Crippen LogP contribution is 2.14. The van der Waals surface area contributed by atoms with Crippen LogP contribution in [-0.2, 0) is 17.8 Å². The van der Waals surface area contributed by atoms with E-state index in [1.54, 1.807) is 31.2 Å². The van der Waals surface area contributed by atoms with E-state index in [-0.39, 0.29) is 30.2 Å². The highest BCUT2D eigenvalue weighted by molar-refractivity contribution is 6.02. The molecule has 0 aliphatic heterocycles. The molecule has 10 heteroatoms. The third-order valence-electron chi connectivity index (χ3n) is 5.12. The molecular formula is C23H23N3O7. The maximum Gasteiger partial charge on any atom is 0.342 e. The first-order chi connectivity index (χ1) is 15.6. The second-order valence-corrected chi connectivity index (χ2v) is 7.34. The molecule has 0 radical (unpaired) electrons. The molecule has 10 nitrogen and oxygen atoms in total. The van der Waals surface area contributed by atoms with Gasteiger partial charge in [-0.15, -0.1) is 0 Å². The minimum absolute atomic E-state index is 0.00962. The fourth-order valence-corrected chi connectivity index (χ4v) is 3.51. The van der Waals surface area contributed by atoms with Gasteiger partial charge in [-0.05, 0) is 31.9 Å². The molecule has 172 valence electrons. The number of rotatable bonds is 7. The molecule has 0 spiro atoms. The fraction of sp³-hybridized carbons (Fsp3) is 0.261. The van der Waals surface area contributed by atoms with E-state index in [9.17, 15) is 24.0 Å². The molecule has 0 bridgehead atoms. The van der Waals surface area contributed by atoms with E-state index in [1.165, 1.54) is 13.8 Å². The summed E-state index contributed by atoms with van der Waals surface area (Å²) < 4.78 is 12.0. The van der Waals surface area contributed by atoms with Crippen LogP contribution in [0.3, 0.4) is 0 Å². The van der Waals surface area contributed by atoms with Crippen LogP contribution in [-0.4, -0.2) is 27.5 Å². The van der Waals surface area contributed by atoms with Gasteiger partial charge >= 0.3 is 17.3 Å². The topological polar surface area (TPSA) is 144 Å². The molecule has 0 amide bonds. The van der Waals surface area contributed by atoms with Crippen LogP contribution in [0.15, 0.2) is 55.2 Å². The maximum absolute atomic E-state index is 12.9. The first-order valence-corrected chi connectivity index (χ1v) is 10.1. The van der Waals surface area contributed by atoms with E-state index < -0.39 is 40.8 Å². The largest absolute Gasteiger partial charge is 0.454 e. The van der Waals surface area contributed by atoms with Crippen LogP contribution in [0.25, 0.3) is 0 Å². The summed E-state index contributed by atoms with van der Waals surface area (Å²) in [6.45, 7) is 3.82. The van der Waals surface area contributed by atoms with E-state index in [0.717, 1.165) is 20.8 Å². The van der Waals surface area contributed by atoms with Crippen molar-refractivity contribution in [2.45, 2.75) is 33.9 Å². The standard InChI is InChI=1S/C23H23N3O7/c1-4-25-21(29)19(20(24)26(23(25)31)11-15-8-6-5-7-9-15)16(27)12-32-22(30)18-13(2)10-17(28)33-14(18)3/h5-10H,4,11-12,24H2,1-3H3. The lowest BCUT2D eigenvalue weighted by Gasteiger charge is -2.16. The Hall–Kier alpha value is -4.21. The van der Waals surface area contributed by atoms with Crippen LogP contribution in [0.4, 0.5) is 5.82 Å². The number of Topliss-reactive ketones (excluding diaryl/α,β-unsaturated/α-hetero) is 1. The molecule has 0 aliphatic carbocycles. The highest BCUT2D eigenvalue weighted by Gasteiger charge is 2.25.